The van der Waals surface area contributed by atoms with E-state index < -0.39 is 28.4 Å². The topological polar surface area (TPSA) is 113 Å². The van der Waals surface area contributed by atoms with Crippen LogP contribution in [0.1, 0.15) is 23.6 Å². The van der Waals surface area contributed by atoms with Gasteiger partial charge in [0.15, 0.2) is 11.5 Å². The van der Waals surface area contributed by atoms with Crippen LogP contribution in [0.2, 0.25) is 0 Å². The van der Waals surface area contributed by atoms with Crippen LogP contribution in [0.25, 0.3) is 6.08 Å². The average molecular weight is 478 g/mol. The molecule has 1 atom stereocenters. The molecule has 182 valence electrons. The summed E-state index contributed by atoms with van der Waals surface area (Å²) < 4.78 is 5.37. The highest BCUT2D eigenvalue weighted by Crippen LogP contribution is 2.38. The third-order valence-corrected chi connectivity index (χ3v) is 6.19. The SMILES string of the molecule is O=C(/C=C\c1ccccc1)C1=C(O)C(=O)N(CCCN2CCOCC2)[C@@H]1c1ccc([N+](=O)[O-])cc1. The molecule has 9 nitrogen and oxygen atoms in total. The molecular formula is C26H27N3O6. The molecule has 0 bridgehead atoms. The van der Waals surface area contributed by atoms with Crippen LogP contribution in [0.15, 0.2) is 72.0 Å². The zero-order valence-corrected chi connectivity index (χ0v) is 19.2. The zero-order valence-electron chi connectivity index (χ0n) is 19.2. The lowest BCUT2D eigenvalue weighted by Crippen LogP contribution is -2.39. The number of carbonyl (C=O) groups excluding carboxylic acids is 2. The van der Waals surface area contributed by atoms with E-state index in [2.05, 4.69) is 4.90 Å². The summed E-state index contributed by atoms with van der Waals surface area (Å²) in [5.74, 6) is -1.69. The van der Waals surface area contributed by atoms with E-state index in [4.69, 9.17) is 4.74 Å². The van der Waals surface area contributed by atoms with Crippen molar-refractivity contribution in [3.8, 4) is 0 Å². The number of carbonyl (C=O) groups is 2. The van der Waals surface area contributed by atoms with Gasteiger partial charge in [-0.15, -0.1) is 0 Å². The predicted octanol–water partition coefficient (Wildman–Crippen LogP) is 3.30. The number of aliphatic hydroxyl groups is 1. The summed E-state index contributed by atoms with van der Waals surface area (Å²) in [6, 6.07) is 14.1. The fourth-order valence-electron chi connectivity index (χ4n) is 4.38. The molecule has 0 aliphatic carbocycles. The second-order valence-corrected chi connectivity index (χ2v) is 8.43. The molecule has 2 aromatic rings. The van der Waals surface area contributed by atoms with Crippen LogP contribution in [0.3, 0.4) is 0 Å². The van der Waals surface area contributed by atoms with Gasteiger partial charge in [-0.2, -0.15) is 0 Å². The summed E-state index contributed by atoms with van der Waals surface area (Å²) in [7, 11) is 0. The smallest absolute Gasteiger partial charge is 0.290 e. The van der Waals surface area contributed by atoms with Gasteiger partial charge in [-0.3, -0.25) is 24.6 Å². The fraction of sp³-hybridized carbons (Fsp3) is 0.308. The van der Waals surface area contributed by atoms with E-state index in [0.717, 1.165) is 25.2 Å². The first-order valence-corrected chi connectivity index (χ1v) is 11.5. The molecule has 1 fully saturated rings. The third kappa shape index (κ3) is 5.64. The summed E-state index contributed by atoms with van der Waals surface area (Å²) in [5, 5.41) is 21.8. The van der Waals surface area contributed by atoms with Crippen LogP contribution in [-0.4, -0.2) is 70.9 Å². The molecule has 9 heteroatoms. The first-order chi connectivity index (χ1) is 17.0. The molecule has 2 aromatic carbocycles. The first-order valence-electron chi connectivity index (χ1n) is 11.5. The lowest BCUT2D eigenvalue weighted by molar-refractivity contribution is -0.384. The Morgan fingerprint density at radius 3 is 2.43 bits per heavy atom. The van der Waals surface area contributed by atoms with Gasteiger partial charge in [0.25, 0.3) is 11.6 Å². The Balaban J connectivity index is 1.59. The molecule has 1 saturated heterocycles. The number of amides is 1. The highest BCUT2D eigenvalue weighted by atomic mass is 16.6. The second-order valence-electron chi connectivity index (χ2n) is 8.43. The van der Waals surface area contributed by atoms with Crippen LogP contribution in [0, 0.1) is 10.1 Å². The van der Waals surface area contributed by atoms with Gasteiger partial charge in [0.05, 0.1) is 29.8 Å². The number of allylic oxidation sites excluding steroid dienone is 1. The number of nitrogens with zero attached hydrogens (tertiary/aromatic N) is 3. The number of ether oxygens (including phenoxy) is 1. The Bertz CT molecular complexity index is 1140. The number of nitro groups is 1. The molecule has 2 aliphatic heterocycles. The minimum atomic E-state index is -0.832. The minimum Gasteiger partial charge on any atom is -0.503 e. The van der Waals surface area contributed by atoms with Crippen molar-refractivity contribution >= 4 is 23.5 Å². The lowest BCUT2D eigenvalue weighted by atomic mass is 9.95. The standard InChI is InChI=1S/C26H27N3O6/c30-22(12-7-19-5-2-1-3-6-19)23-24(20-8-10-21(11-9-20)29(33)34)28(26(32)25(23)31)14-4-13-27-15-17-35-18-16-27/h1-3,5-12,24,31H,4,13-18H2/b12-7-/t24-/m1/s1. The van der Waals surface area contributed by atoms with Crippen LogP contribution in [0.5, 0.6) is 0 Å². The number of rotatable bonds is 9. The molecule has 0 aromatic heterocycles. The van der Waals surface area contributed by atoms with Crippen molar-refractivity contribution in [2.45, 2.75) is 12.5 Å². The highest BCUT2D eigenvalue weighted by Gasteiger charge is 2.42. The molecule has 35 heavy (non-hydrogen) atoms. The largest absolute Gasteiger partial charge is 0.503 e. The second kappa shape index (κ2) is 11.1. The number of non-ortho nitro benzene ring substituents is 1. The quantitative estimate of drug-likeness (QED) is 0.335. The number of aliphatic hydroxyl groups excluding tert-OH is 1. The maximum Gasteiger partial charge on any atom is 0.290 e. The summed E-state index contributed by atoms with van der Waals surface area (Å²) >= 11 is 0. The molecule has 1 N–H and O–H groups in total. The van der Waals surface area contributed by atoms with Crippen molar-refractivity contribution in [2.75, 3.05) is 39.4 Å². The normalized spacial score (nSPS) is 19.0. The van der Waals surface area contributed by atoms with E-state index in [9.17, 15) is 24.8 Å². The molecule has 2 heterocycles. The number of hydrogen-bond donors (Lipinski definition) is 1. The highest BCUT2D eigenvalue weighted by molar-refractivity contribution is 6.14. The third-order valence-electron chi connectivity index (χ3n) is 6.19. The van der Waals surface area contributed by atoms with Crippen molar-refractivity contribution in [1.29, 1.82) is 0 Å². The van der Waals surface area contributed by atoms with Gasteiger partial charge in [0.1, 0.15) is 0 Å². The Morgan fingerprint density at radius 2 is 1.77 bits per heavy atom. The van der Waals surface area contributed by atoms with E-state index in [1.165, 1.54) is 35.2 Å². The number of hydrogen-bond acceptors (Lipinski definition) is 7. The first kappa shape index (κ1) is 24.3. The predicted molar refractivity (Wildman–Crippen MR) is 130 cm³/mol. The Morgan fingerprint density at radius 1 is 1.09 bits per heavy atom. The molecular weight excluding hydrogens is 450 g/mol. The molecule has 4 rings (SSSR count). The number of nitro benzene ring substituents is 1. The monoisotopic (exact) mass is 477 g/mol. The molecule has 2 aliphatic rings. The van der Waals surface area contributed by atoms with Crippen LogP contribution in [-0.2, 0) is 14.3 Å². The van der Waals surface area contributed by atoms with E-state index in [1.807, 2.05) is 30.3 Å². The molecule has 0 spiro atoms. The number of morpholine rings is 1. The van der Waals surface area contributed by atoms with Gasteiger partial charge in [-0.1, -0.05) is 36.4 Å². The Hall–Kier alpha value is -3.82. The van der Waals surface area contributed by atoms with E-state index >= 15 is 0 Å². The summed E-state index contributed by atoms with van der Waals surface area (Å²) in [6.07, 6.45) is 3.61. The lowest BCUT2D eigenvalue weighted by Gasteiger charge is -2.29. The number of benzene rings is 2. The Kier molecular flexibility index (Phi) is 7.69. The van der Waals surface area contributed by atoms with Crippen LogP contribution in [0.4, 0.5) is 5.69 Å². The maximum absolute atomic E-state index is 13.2. The maximum atomic E-state index is 13.2. The van der Waals surface area contributed by atoms with E-state index in [0.29, 0.717) is 31.7 Å². The molecule has 0 unspecified atom stereocenters. The van der Waals surface area contributed by atoms with Crippen molar-refractivity contribution in [2.24, 2.45) is 0 Å². The summed E-state index contributed by atoms with van der Waals surface area (Å²) in [4.78, 5) is 40.5. The van der Waals surface area contributed by atoms with Gasteiger partial charge < -0.3 is 14.7 Å². The van der Waals surface area contributed by atoms with Crippen LogP contribution >= 0.6 is 0 Å². The van der Waals surface area contributed by atoms with Crippen molar-refractivity contribution in [3.05, 3.63) is 93.2 Å². The molecule has 0 saturated carbocycles. The number of ketones is 1. The Labute approximate surface area is 203 Å². The fourth-order valence-corrected chi connectivity index (χ4v) is 4.38. The molecule has 1 amide bonds. The van der Waals surface area contributed by atoms with Crippen molar-refractivity contribution in [3.63, 3.8) is 0 Å². The van der Waals surface area contributed by atoms with E-state index in [-0.39, 0.29) is 11.3 Å². The zero-order chi connectivity index (χ0) is 24.8. The van der Waals surface area contributed by atoms with Gasteiger partial charge in [0.2, 0.25) is 0 Å². The average Bonchev–Trinajstić information content (AvgIpc) is 3.13. The van der Waals surface area contributed by atoms with Gasteiger partial charge in [-0.25, -0.2) is 0 Å². The van der Waals surface area contributed by atoms with Gasteiger partial charge in [-0.05, 0) is 35.8 Å². The van der Waals surface area contributed by atoms with Crippen molar-refractivity contribution in [1.82, 2.24) is 9.80 Å². The van der Waals surface area contributed by atoms with Gasteiger partial charge >= 0.3 is 0 Å². The summed E-state index contributed by atoms with van der Waals surface area (Å²) in [5.41, 5.74) is 1.21. The van der Waals surface area contributed by atoms with Crippen molar-refractivity contribution < 1.29 is 24.4 Å². The van der Waals surface area contributed by atoms with Gasteiger partial charge in [0, 0.05) is 38.3 Å². The molecule has 0 radical (unpaired) electrons. The minimum absolute atomic E-state index is 0.0255. The summed E-state index contributed by atoms with van der Waals surface area (Å²) in [6.45, 7) is 4.04. The van der Waals surface area contributed by atoms with Crippen LogP contribution < -0.4 is 0 Å². The van der Waals surface area contributed by atoms with E-state index in [1.54, 1.807) is 6.08 Å².